The number of hydrogen-bond donors (Lipinski definition) is 1. The third-order valence-electron chi connectivity index (χ3n) is 8.46. The Morgan fingerprint density at radius 2 is 1.59 bits per heavy atom. The van der Waals surface area contributed by atoms with E-state index in [1.54, 1.807) is 6.07 Å². The third-order valence-corrected chi connectivity index (χ3v) is 9.38. The van der Waals surface area contributed by atoms with Crippen LogP contribution in [0.25, 0.3) is 0 Å². The van der Waals surface area contributed by atoms with Crippen molar-refractivity contribution in [3.05, 3.63) is 63.1 Å². The van der Waals surface area contributed by atoms with E-state index in [1.165, 1.54) is 19.3 Å². The van der Waals surface area contributed by atoms with Gasteiger partial charge in [-0.05, 0) is 86.1 Å². The molecule has 1 atom stereocenters. The SMILES string of the molecule is O=C(NC12CC3CC(CC(C3)C1)C2)C1CN(Cc2ccccc2Cl)N(c2cc(Cl)ccc2Cl)C1. The quantitative estimate of drug-likeness (QED) is 0.485. The fourth-order valence-electron chi connectivity index (χ4n) is 7.44. The molecule has 34 heavy (non-hydrogen) atoms. The maximum atomic E-state index is 13.7. The van der Waals surface area contributed by atoms with Crippen molar-refractivity contribution in [3.8, 4) is 0 Å². The third kappa shape index (κ3) is 4.32. The standard InChI is InChI=1S/C27H30Cl3N3O/c28-22-5-6-24(30)25(10-22)33-16-21(15-32(33)14-20-3-1-2-4-23(20)29)26(34)31-27-11-17-7-18(12-27)9-19(8-17)13-27/h1-6,10,17-19,21H,7-9,11-16H2,(H,31,34). The van der Waals surface area contributed by atoms with Gasteiger partial charge >= 0.3 is 0 Å². The summed E-state index contributed by atoms with van der Waals surface area (Å²) in [7, 11) is 0. The van der Waals surface area contributed by atoms with E-state index < -0.39 is 0 Å². The van der Waals surface area contributed by atoms with Crippen LogP contribution in [0.4, 0.5) is 5.69 Å². The number of carbonyl (C=O) groups excluding carboxylic acids is 1. The molecule has 1 unspecified atom stereocenters. The van der Waals surface area contributed by atoms with E-state index in [-0.39, 0.29) is 17.4 Å². The number of rotatable bonds is 5. The Balaban J connectivity index is 1.24. The Hall–Kier alpha value is -1.46. The van der Waals surface area contributed by atoms with Gasteiger partial charge in [-0.1, -0.05) is 53.0 Å². The summed E-state index contributed by atoms with van der Waals surface area (Å²) in [6.45, 7) is 1.79. The molecule has 0 radical (unpaired) electrons. The molecule has 1 amide bonds. The summed E-state index contributed by atoms with van der Waals surface area (Å²) in [6.07, 6.45) is 7.57. The van der Waals surface area contributed by atoms with Gasteiger partial charge < -0.3 is 10.3 Å². The normalized spacial score (nSPS) is 32.4. The molecule has 1 saturated heterocycles. The summed E-state index contributed by atoms with van der Waals surface area (Å²) < 4.78 is 0. The van der Waals surface area contributed by atoms with E-state index in [2.05, 4.69) is 15.3 Å². The number of anilines is 1. The number of amides is 1. The Morgan fingerprint density at radius 1 is 0.912 bits per heavy atom. The van der Waals surface area contributed by atoms with E-state index in [0.29, 0.717) is 29.7 Å². The fraction of sp³-hybridized carbons (Fsp3) is 0.519. The summed E-state index contributed by atoms with van der Waals surface area (Å²) in [5.74, 6) is 2.42. The molecule has 4 bridgehead atoms. The van der Waals surface area contributed by atoms with Gasteiger partial charge in [-0.25, -0.2) is 5.01 Å². The van der Waals surface area contributed by atoms with Crippen molar-refractivity contribution in [2.75, 3.05) is 18.1 Å². The summed E-state index contributed by atoms with van der Waals surface area (Å²) in [5, 5.41) is 9.85. The van der Waals surface area contributed by atoms with Crippen LogP contribution in [0, 0.1) is 23.7 Å². The van der Waals surface area contributed by atoms with Crippen molar-refractivity contribution in [2.45, 2.75) is 50.6 Å². The van der Waals surface area contributed by atoms with E-state index in [4.69, 9.17) is 34.8 Å². The molecule has 0 spiro atoms. The monoisotopic (exact) mass is 517 g/mol. The van der Waals surface area contributed by atoms with Gasteiger partial charge in [0.1, 0.15) is 0 Å². The number of nitrogens with zero attached hydrogens (tertiary/aromatic N) is 2. The zero-order valence-electron chi connectivity index (χ0n) is 19.2. The van der Waals surface area contributed by atoms with Crippen LogP contribution in [0.15, 0.2) is 42.5 Å². The van der Waals surface area contributed by atoms with Gasteiger partial charge in [0.05, 0.1) is 16.6 Å². The molecular weight excluding hydrogens is 489 g/mol. The van der Waals surface area contributed by atoms with Crippen LogP contribution in [-0.2, 0) is 11.3 Å². The molecule has 2 aromatic rings. The highest BCUT2D eigenvalue weighted by Gasteiger charge is 2.52. The molecule has 4 nitrogen and oxygen atoms in total. The number of benzene rings is 2. The van der Waals surface area contributed by atoms with E-state index >= 15 is 0 Å². The minimum absolute atomic E-state index is 0.0144. The average molecular weight is 519 g/mol. The molecule has 4 saturated carbocycles. The van der Waals surface area contributed by atoms with Crippen LogP contribution in [0.2, 0.25) is 15.1 Å². The van der Waals surface area contributed by atoms with Gasteiger partial charge in [0.25, 0.3) is 0 Å². The molecule has 5 fully saturated rings. The first-order valence-electron chi connectivity index (χ1n) is 12.4. The smallest absolute Gasteiger partial charge is 0.226 e. The first-order valence-corrected chi connectivity index (χ1v) is 13.5. The molecule has 7 heteroatoms. The largest absolute Gasteiger partial charge is 0.350 e. The Kier molecular flexibility index (Phi) is 6.00. The van der Waals surface area contributed by atoms with Crippen molar-refractivity contribution in [1.29, 1.82) is 0 Å². The number of hydrazine groups is 1. The van der Waals surface area contributed by atoms with Crippen molar-refractivity contribution in [2.24, 2.45) is 23.7 Å². The molecule has 5 aliphatic rings. The zero-order chi connectivity index (χ0) is 23.4. The number of carbonyl (C=O) groups is 1. The van der Waals surface area contributed by atoms with Crippen molar-refractivity contribution in [3.63, 3.8) is 0 Å². The summed E-state index contributed by atoms with van der Waals surface area (Å²) >= 11 is 19.4. The van der Waals surface area contributed by atoms with Gasteiger partial charge in [0.15, 0.2) is 0 Å². The second-order valence-corrected chi connectivity index (χ2v) is 12.3. The van der Waals surface area contributed by atoms with Crippen LogP contribution in [0.1, 0.15) is 44.1 Å². The predicted octanol–water partition coefficient (Wildman–Crippen LogP) is 6.59. The molecule has 0 aromatic heterocycles. The molecule has 1 aliphatic heterocycles. The van der Waals surface area contributed by atoms with Gasteiger partial charge in [-0.2, -0.15) is 0 Å². The van der Waals surface area contributed by atoms with Gasteiger partial charge in [0, 0.05) is 35.2 Å². The summed E-state index contributed by atoms with van der Waals surface area (Å²) in [5.41, 5.74) is 1.86. The van der Waals surface area contributed by atoms with Crippen LogP contribution in [-0.4, -0.2) is 29.5 Å². The first-order chi connectivity index (χ1) is 16.4. The van der Waals surface area contributed by atoms with Crippen molar-refractivity contribution >= 4 is 46.4 Å². The lowest BCUT2D eigenvalue weighted by Gasteiger charge is -2.57. The zero-order valence-corrected chi connectivity index (χ0v) is 21.4. The highest BCUT2D eigenvalue weighted by atomic mass is 35.5. The lowest BCUT2D eigenvalue weighted by Crippen LogP contribution is -2.61. The first kappa shape index (κ1) is 23.0. The van der Waals surface area contributed by atoms with Crippen molar-refractivity contribution in [1.82, 2.24) is 10.3 Å². The molecule has 2 aromatic carbocycles. The van der Waals surface area contributed by atoms with Crippen LogP contribution in [0.3, 0.4) is 0 Å². The Labute approximate surface area is 216 Å². The Morgan fingerprint density at radius 3 is 2.26 bits per heavy atom. The van der Waals surface area contributed by atoms with Gasteiger partial charge in [-0.15, -0.1) is 0 Å². The summed E-state index contributed by atoms with van der Waals surface area (Å²) in [6, 6.07) is 13.3. The molecule has 1 N–H and O–H groups in total. The fourth-order valence-corrected chi connectivity index (χ4v) is 8.01. The number of halogens is 3. The molecule has 1 heterocycles. The lowest BCUT2D eigenvalue weighted by molar-refractivity contribution is -0.130. The molecular formula is C27H30Cl3N3O. The second-order valence-electron chi connectivity index (χ2n) is 11.0. The van der Waals surface area contributed by atoms with Crippen molar-refractivity contribution < 1.29 is 4.79 Å². The van der Waals surface area contributed by atoms with Crippen LogP contribution in [0.5, 0.6) is 0 Å². The maximum Gasteiger partial charge on any atom is 0.226 e. The minimum Gasteiger partial charge on any atom is -0.350 e. The van der Waals surface area contributed by atoms with Gasteiger partial charge in [-0.3, -0.25) is 4.79 Å². The van der Waals surface area contributed by atoms with Crippen LogP contribution < -0.4 is 10.3 Å². The van der Waals surface area contributed by atoms with Gasteiger partial charge in [0.2, 0.25) is 5.91 Å². The minimum atomic E-state index is -0.148. The number of hydrogen-bond acceptors (Lipinski definition) is 3. The van der Waals surface area contributed by atoms with E-state index in [0.717, 1.165) is 53.3 Å². The molecule has 4 aliphatic carbocycles. The second kappa shape index (κ2) is 8.89. The van der Waals surface area contributed by atoms with E-state index in [9.17, 15) is 4.79 Å². The summed E-state index contributed by atoms with van der Waals surface area (Å²) in [4.78, 5) is 13.7. The maximum absolute atomic E-state index is 13.7. The highest BCUT2D eigenvalue weighted by molar-refractivity contribution is 6.35. The molecule has 7 rings (SSSR count). The topological polar surface area (TPSA) is 35.6 Å². The Bertz CT molecular complexity index is 1070. The number of nitrogens with one attached hydrogen (secondary N) is 1. The predicted molar refractivity (Wildman–Crippen MR) is 138 cm³/mol. The lowest BCUT2D eigenvalue weighted by atomic mass is 9.53. The molecule has 180 valence electrons. The average Bonchev–Trinajstić information content (AvgIpc) is 3.19. The highest BCUT2D eigenvalue weighted by Crippen LogP contribution is 2.55. The van der Waals surface area contributed by atoms with Crippen LogP contribution >= 0.6 is 34.8 Å². The van der Waals surface area contributed by atoms with E-state index in [1.807, 2.05) is 36.4 Å².